The van der Waals surface area contributed by atoms with Crippen LogP contribution < -0.4 is 10.7 Å². The lowest BCUT2D eigenvalue weighted by Crippen LogP contribution is -2.20. The molecule has 0 aromatic heterocycles. The molecule has 4 aromatic rings. The lowest BCUT2D eigenvalue weighted by molar-refractivity contribution is 0.771. The van der Waals surface area contributed by atoms with Gasteiger partial charge in [-0.25, -0.2) is 0 Å². The van der Waals surface area contributed by atoms with Crippen LogP contribution in [0.4, 0.5) is 0 Å². The predicted octanol–water partition coefficient (Wildman–Crippen LogP) is 4.46. The Morgan fingerprint density at radius 1 is 0.520 bits per heavy atom. The van der Waals surface area contributed by atoms with Gasteiger partial charge in [-0.2, -0.15) is 0 Å². The van der Waals surface area contributed by atoms with Crippen LogP contribution >= 0.6 is 0 Å². The molecule has 0 spiro atoms. The predicted molar refractivity (Wildman–Crippen MR) is 101 cm³/mol. The van der Waals surface area contributed by atoms with E-state index in [0.717, 1.165) is 16.3 Å². The summed E-state index contributed by atoms with van der Waals surface area (Å²) in [6.45, 7) is 0. The smallest absolute Gasteiger partial charge is 0.166 e. The van der Waals surface area contributed by atoms with E-state index in [1.807, 2.05) is 18.2 Å². The van der Waals surface area contributed by atoms with Gasteiger partial charge >= 0.3 is 0 Å². The maximum atomic E-state index is 4.80. The van der Waals surface area contributed by atoms with E-state index in [2.05, 4.69) is 72.8 Å². The van der Waals surface area contributed by atoms with Gasteiger partial charge in [-0.1, -0.05) is 72.8 Å². The second-order valence-corrected chi connectivity index (χ2v) is 6.31. The molecule has 0 fully saturated rings. The summed E-state index contributed by atoms with van der Waals surface area (Å²) < 4.78 is 0. The van der Waals surface area contributed by atoms with E-state index in [4.69, 9.17) is 9.98 Å². The zero-order valence-electron chi connectivity index (χ0n) is 13.6. The van der Waals surface area contributed by atoms with Crippen LogP contribution in [0.25, 0.3) is 21.9 Å². The molecule has 4 aromatic carbocycles. The largest absolute Gasteiger partial charge is 0.252 e. The fourth-order valence-corrected chi connectivity index (χ4v) is 3.35. The van der Waals surface area contributed by atoms with Crippen molar-refractivity contribution in [1.29, 1.82) is 0 Å². The van der Waals surface area contributed by atoms with E-state index in [-0.39, 0.29) is 6.17 Å². The van der Waals surface area contributed by atoms with E-state index in [0.29, 0.717) is 0 Å². The fourth-order valence-electron chi connectivity index (χ4n) is 3.35. The zero-order valence-corrected chi connectivity index (χ0v) is 13.6. The van der Waals surface area contributed by atoms with E-state index >= 15 is 0 Å². The third-order valence-electron chi connectivity index (χ3n) is 4.68. The van der Waals surface area contributed by atoms with E-state index in [1.54, 1.807) is 0 Å². The molecule has 5 rings (SSSR count). The first-order chi connectivity index (χ1) is 12.4. The number of rotatable bonds is 2. The van der Waals surface area contributed by atoms with Gasteiger partial charge in [0, 0.05) is 0 Å². The van der Waals surface area contributed by atoms with E-state index in [9.17, 15) is 0 Å². The lowest BCUT2D eigenvalue weighted by Gasteiger charge is -2.03. The van der Waals surface area contributed by atoms with Crippen LogP contribution in [0, 0.1) is 0 Å². The molecular weight excluding hydrogens is 304 g/mol. The molecular formula is C23H16N2. The van der Waals surface area contributed by atoms with Crippen LogP contribution in [0.15, 0.2) is 101 Å². The minimum absolute atomic E-state index is 0.122. The molecule has 0 N–H and O–H groups in total. The minimum Gasteiger partial charge on any atom is -0.252 e. The molecule has 2 nitrogen and oxygen atoms in total. The Hall–Kier alpha value is -3.26. The molecule has 0 aliphatic carbocycles. The Balaban J connectivity index is 1.59. The summed E-state index contributed by atoms with van der Waals surface area (Å²) in [5, 5.41) is 4.46. The molecule has 0 radical (unpaired) electrons. The van der Waals surface area contributed by atoms with Crippen LogP contribution in [-0.2, 0) is 0 Å². The van der Waals surface area contributed by atoms with Gasteiger partial charge in [0.2, 0.25) is 0 Å². The van der Waals surface area contributed by atoms with Crippen molar-refractivity contribution in [2.45, 2.75) is 6.17 Å². The summed E-state index contributed by atoms with van der Waals surface area (Å²) >= 11 is 0. The Morgan fingerprint density at radius 3 is 2.08 bits per heavy atom. The first-order valence-electron chi connectivity index (χ1n) is 8.47. The third kappa shape index (κ3) is 2.52. The molecule has 0 bridgehead atoms. The van der Waals surface area contributed by atoms with E-state index in [1.165, 1.54) is 21.9 Å². The molecule has 0 saturated heterocycles. The highest BCUT2D eigenvalue weighted by Gasteiger charge is 2.12. The molecule has 2 heteroatoms. The molecule has 1 unspecified atom stereocenters. The Morgan fingerprint density at radius 2 is 1.20 bits per heavy atom. The van der Waals surface area contributed by atoms with Gasteiger partial charge in [0.25, 0.3) is 0 Å². The summed E-state index contributed by atoms with van der Waals surface area (Å²) in [6.07, 6.45) is -0.122. The minimum atomic E-state index is -0.122. The van der Waals surface area contributed by atoms with Crippen molar-refractivity contribution in [2.24, 2.45) is 9.98 Å². The highest BCUT2D eigenvalue weighted by Crippen LogP contribution is 2.24. The van der Waals surface area contributed by atoms with Crippen molar-refractivity contribution >= 4 is 10.8 Å². The van der Waals surface area contributed by atoms with E-state index < -0.39 is 0 Å². The van der Waals surface area contributed by atoms with Crippen molar-refractivity contribution in [3.63, 3.8) is 0 Å². The first kappa shape index (κ1) is 14.1. The van der Waals surface area contributed by atoms with Crippen molar-refractivity contribution in [1.82, 2.24) is 0 Å². The number of benzene rings is 4. The van der Waals surface area contributed by atoms with Gasteiger partial charge in [0.1, 0.15) is 0 Å². The van der Waals surface area contributed by atoms with Gasteiger partial charge in [0.05, 0.1) is 10.7 Å². The van der Waals surface area contributed by atoms with Crippen LogP contribution in [0.1, 0.15) is 11.7 Å². The average Bonchev–Trinajstić information content (AvgIpc) is 3.11. The summed E-state index contributed by atoms with van der Waals surface area (Å²) in [4.78, 5) is 9.54. The second kappa shape index (κ2) is 5.67. The second-order valence-electron chi connectivity index (χ2n) is 6.31. The van der Waals surface area contributed by atoms with Crippen LogP contribution in [0.3, 0.4) is 0 Å². The normalized spacial score (nSPS) is 15.4. The highest BCUT2D eigenvalue weighted by molar-refractivity contribution is 5.87. The van der Waals surface area contributed by atoms with Crippen LogP contribution in [0.2, 0.25) is 0 Å². The topological polar surface area (TPSA) is 24.7 Å². The standard InChI is InChI=1S/C23H16N2/c1-2-7-17(8-3-1)23-24-21-13-12-20(15-22(21)25-23)19-11-10-16-6-4-5-9-18(16)14-19/h1-15,23H. The molecule has 118 valence electrons. The number of hydrogen-bond donors (Lipinski definition) is 0. The van der Waals surface area contributed by atoms with Crippen LogP contribution in [0.5, 0.6) is 0 Å². The third-order valence-corrected chi connectivity index (χ3v) is 4.68. The van der Waals surface area contributed by atoms with Crippen molar-refractivity contribution < 1.29 is 0 Å². The first-order valence-corrected chi connectivity index (χ1v) is 8.47. The Kier molecular flexibility index (Phi) is 3.20. The monoisotopic (exact) mass is 320 g/mol. The van der Waals surface area contributed by atoms with Gasteiger partial charge in [-0.3, -0.25) is 9.98 Å². The van der Waals surface area contributed by atoms with Gasteiger partial charge < -0.3 is 0 Å². The quantitative estimate of drug-likeness (QED) is 0.521. The van der Waals surface area contributed by atoms with Gasteiger partial charge in [-0.05, 0) is 45.7 Å². The fraction of sp³-hybridized carbons (Fsp3) is 0.0435. The highest BCUT2D eigenvalue weighted by atomic mass is 15.0. The summed E-state index contributed by atoms with van der Waals surface area (Å²) in [5.41, 5.74) is 3.52. The van der Waals surface area contributed by atoms with Crippen LogP contribution in [-0.4, -0.2) is 0 Å². The molecule has 1 atom stereocenters. The molecule has 1 aliphatic heterocycles. The Labute approximate surface area is 145 Å². The number of nitrogens with zero attached hydrogens (tertiary/aromatic N) is 2. The molecule has 0 saturated carbocycles. The zero-order chi connectivity index (χ0) is 16.6. The molecule has 1 heterocycles. The molecule has 25 heavy (non-hydrogen) atoms. The average molecular weight is 320 g/mol. The molecule has 1 aliphatic rings. The summed E-state index contributed by atoms with van der Waals surface area (Å²) in [6, 6.07) is 31.6. The summed E-state index contributed by atoms with van der Waals surface area (Å²) in [5.74, 6) is 0. The maximum absolute atomic E-state index is 4.80. The lowest BCUT2D eigenvalue weighted by atomic mass is 10.0. The Bertz CT molecular complexity index is 1190. The summed E-state index contributed by atoms with van der Waals surface area (Å²) in [7, 11) is 0. The maximum Gasteiger partial charge on any atom is 0.166 e. The molecule has 0 amide bonds. The van der Waals surface area contributed by atoms with Gasteiger partial charge in [0.15, 0.2) is 6.17 Å². The number of fused-ring (bicyclic) bond motifs is 2. The van der Waals surface area contributed by atoms with Crippen molar-refractivity contribution in [3.8, 4) is 11.1 Å². The van der Waals surface area contributed by atoms with Gasteiger partial charge in [-0.15, -0.1) is 0 Å². The van der Waals surface area contributed by atoms with Crippen molar-refractivity contribution in [3.05, 3.63) is 107 Å². The van der Waals surface area contributed by atoms with Crippen molar-refractivity contribution in [2.75, 3.05) is 0 Å². The number of hydrogen-bond acceptors (Lipinski definition) is 2. The SMILES string of the molecule is c1ccc(C2N=c3ccc(-c4ccc5ccccc5c4)cc3=N2)cc1.